The van der Waals surface area contributed by atoms with Crippen LogP contribution in [-0.2, 0) is 13.6 Å². The smallest absolute Gasteiger partial charge is 0.256 e. The van der Waals surface area contributed by atoms with Gasteiger partial charge in [0.2, 0.25) is 5.22 Å². The monoisotopic (exact) mass is 282 g/mol. The highest BCUT2D eigenvalue weighted by Gasteiger charge is 2.15. The standard InChI is InChI=1S/C12H15ClN4O2/c1-7(2)11-16-15-9(17(11)3)6-14-12(18)8-4-5-19-10(8)13/h4-5,7H,6H2,1-3H3,(H,14,18). The van der Waals surface area contributed by atoms with Crippen LogP contribution < -0.4 is 5.32 Å². The summed E-state index contributed by atoms with van der Waals surface area (Å²) in [5, 5.41) is 11.0. The van der Waals surface area contributed by atoms with Crippen molar-refractivity contribution in [2.24, 2.45) is 7.05 Å². The minimum absolute atomic E-state index is 0.0818. The molecule has 0 atom stereocenters. The first kappa shape index (κ1) is 13.6. The van der Waals surface area contributed by atoms with Crippen molar-refractivity contribution in [1.29, 1.82) is 0 Å². The molecule has 2 aromatic heterocycles. The van der Waals surface area contributed by atoms with Crippen molar-refractivity contribution in [1.82, 2.24) is 20.1 Å². The Morgan fingerprint density at radius 2 is 2.26 bits per heavy atom. The van der Waals surface area contributed by atoms with E-state index in [2.05, 4.69) is 15.5 Å². The number of nitrogens with one attached hydrogen (secondary N) is 1. The first-order chi connectivity index (χ1) is 9.00. The van der Waals surface area contributed by atoms with Crippen molar-refractivity contribution in [3.05, 3.63) is 34.8 Å². The van der Waals surface area contributed by atoms with Crippen molar-refractivity contribution in [2.45, 2.75) is 26.3 Å². The molecule has 0 spiro atoms. The molecule has 7 heteroatoms. The van der Waals surface area contributed by atoms with E-state index in [1.54, 1.807) is 0 Å². The summed E-state index contributed by atoms with van der Waals surface area (Å²) in [5.74, 6) is 1.56. The summed E-state index contributed by atoms with van der Waals surface area (Å²) in [5.41, 5.74) is 0.313. The molecule has 2 heterocycles. The van der Waals surface area contributed by atoms with E-state index in [1.807, 2.05) is 25.5 Å². The number of carbonyl (C=O) groups is 1. The normalized spacial score (nSPS) is 11.0. The third kappa shape index (κ3) is 2.78. The van der Waals surface area contributed by atoms with Gasteiger partial charge in [-0.2, -0.15) is 0 Å². The van der Waals surface area contributed by atoms with Crippen LogP contribution in [0.15, 0.2) is 16.7 Å². The maximum atomic E-state index is 11.8. The van der Waals surface area contributed by atoms with Gasteiger partial charge in [0.05, 0.1) is 18.4 Å². The zero-order valence-electron chi connectivity index (χ0n) is 11.0. The van der Waals surface area contributed by atoms with Gasteiger partial charge < -0.3 is 14.3 Å². The topological polar surface area (TPSA) is 73.0 Å². The lowest BCUT2D eigenvalue weighted by atomic mass is 10.2. The van der Waals surface area contributed by atoms with Crippen molar-refractivity contribution in [3.8, 4) is 0 Å². The number of hydrogen-bond donors (Lipinski definition) is 1. The summed E-state index contributed by atoms with van der Waals surface area (Å²) in [6.07, 6.45) is 1.37. The van der Waals surface area contributed by atoms with Crippen molar-refractivity contribution in [2.75, 3.05) is 0 Å². The highest BCUT2D eigenvalue weighted by molar-refractivity contribution is 6.32. The Labute approximate surface area is 115 Å². The Balaban J connectivity index is 2.04. The molecule has 2 rings (SSSR count). The molecular formula is C12H15ClN4O2. The number of amides is 1. The second-order valence-corrected chi connectivity index (χ2v) is 4.82. The Hall–Kier alpha value is -1.82. The summed E-state index contributed by atoms with van der Waals surface area (Å²) < 4.78 is 6.75. The lowest BCUT2D eigenvalue weighted by Gasteiger charge is -2.07. The van der Waals surface area contributed by atoms with Crippen LogP contribution in [-0.4, -0.2) is 20.7 Å². The van der Waals surface area contributed by atoms with Crippen LogP contribution in [0.25, 0.3) is 0 Å². The number of halogens is 1. The molecule has 0 bridgehead atoms. The van der Waals surface area contributed by atoms with E-state index in [0.29, 0.717) is 11.4 Å². The predicted molar refractivity (Wildman–Crippen MR) is 70.0 cm³/mol. The van der Waals surface area contributed by atoms with E-state index in [1.165, 1.54) is 12.3 Å². The van der Waals surface area contributed by atoms with E-state index >= 15 is 0 Å². The van der Waals surface area contributed by atoms with Crippen LogP contribution in [0.2, 0.25) is 5.22 Å². The van der Waals surface area contributed by atoms with Crippen LogP contribution in [0.3, 0.4) is 0 Å². The third-order valence-corrected chi connectivity index (χ3v) is 3.08. The predicted octanol–water partition coefficient (Wildman–Crippen LogP) is 2.11. The van der Waals surface area contributed by atoms with Crippen LogP contribution in [0.4, 0.5) is 0 Å². The zero-order valence-corrected chi connectivity index (χ0v) is 11.7. The van der Waals surface area contributed by atoms with Gasteiger partial charge in [-0.15, -0.1) is 10.2 Å². The highest BCUT2D eigenvalue weighted by Crippen LogP contribution is 2.16. The second kappa shape index (κ2) is 5.44. The maximum absolute atomic E-state index is 11.8. The Morgan fingerprint density at radius 3 is 2.79 bits per heavy atom. The number of rotatable bonds is 4. The van der Waals surface area contributed by atoms with Gasteiger partial charge in [-0.05, 0) is 17.7 Å². The van der Waals surface area contributed by atoms with Gasteiger partial charge in [0, 0.05) is 13.0 Å². The minimum Gasteiger partial charge on any atom is -0.452 e. The zero-order chi connectivity index (χ0) is 14.0. The maximum Gasteiger partial charge on any atom is 0.256 e. The van der Waals surface area contributed by atoms with Gasteiger partial charge in [0.15, 0.2) is 5.82 Å². The van der Waals surface area contributed by atoms with Gasteiger partial charge >= 0.3 is 0 Å². The number of carbonyl (C=O) groups excluding carboxylic acids is 1. The first-order valence-electron chi connectivity index (χ1n) is 5.90. The van der Waals surface area contributed by atoms with E-state index in [0.717, 1.165) is 5.82 Å². The minimum atomic E-state index is -0.298. The Morgan fingerprint density at radius 1 is 1.53 bits per heavy atom. The average molecular weight is 283 g/mol. The summed E-state index contributed by atoms with van der Waals surface area (Å²) >= 11 is 5.73. The van der Waals surface area contributed by atoms with E-state index < -0.39 is 0 Å². The van der Waals surface area contributed by atoms with E-state index in [-0.39, 0.29) is 23.6 Å². The lowest BCUT2D eigenvalue weighted by Crippen LogP contribution is -2.24. The third-order valence-electron chi connectivity index (χ3n) is 2.78. The molecule has 1 N–H and O–H groups in total. The van der Waals surface area contributed by atoms with Crippen LogP contribution in [0.1, 0.15) is 41.8 Å². The first-order valence-corrected chi connectivity index (χ1v) is 6.28. The molecule has 0 aliphatic heterocycles. The molecule has 102 valence electrons. The number of aromatic nitrogens is 3. The van der Waals surface area contributed by atoms with Crippen molar-refractivity contribution in [3.63, 3.8) is 0 Å². The fourth-order valence-electron chi connectivity index (χ4n) is 1.74. The highest BCUT2D eigenvalue weighted by atomic mass is 35.5. The molecule has 19 heavy (non-hydrogen) atoms. The fraction of sp³-hybridized carbons (Fsp3) is 0.417. The van der Waals surface area contributed by atoms with Gasteiger partial charge in [-0.3, -0.25) is 4.79 Å². The van der Waals surface area contributed by atoms with Gasteiger partial charge in [-0.25, -0.2) is 0 Å². The molecule has 0 aromatic carbocycles. The largest absolute Gasteiger partial charge is 0.452 e. The van der Waals surface area contributed by atoms with E-state index in [4.69, 9.17) is 16.0 Å². The lowest BCUT2D eigenvalue weighted by molar-refractivity contribution is 0.0949. The number of hydrogen-bond acceptors (Lipinski definition) is 4. The molecular weight excluding hydrogens is 268 g/mol. The molecule has 0 saturated carbocycles. The van der Waals surface area contributed by atoms with Gasteiger partial charge in [0.1, 0.15) is 5.82 Å². The summed E-state index contributed by atoms with van der Waals surface area (Å²) in [6.45, 7) is 4.37. The second-order valence-electron chi connectivity index (χ2n) is 4.48. The number of nitrogens with zero attached hydrogens (tertiary/aromatic N) is 3. The molecule has 6 nitrogen and oxygen atoms in total. The Bertz CT molecular complexity index is 588. The van der Waals surface area contributed by atoms with Crippen LogP contribution in [0.5, 0.6) is 0 Å². The molecule has 0 fully saturated rings. The van der Waals surface area contributed by atoms with Gasteiger partial charge in [0.25, 0.3) is 5.91 Å². The van der Waals surface area contributed by atoms with Gasteiger partial charge in [-0.1, -0.05) is 13.8 Å². The number of furan rings is 1. The molecule has 0 saturated heterocycles. The SMILES string of the molecule is CC(C)c1nnc(CNC(=O)c2ccoc2Cl)n1C. The van der Waals surface area contributed by atoms with Crippen LogP contribution in [0, 0.1) is 0 Å². The molecule has 0 radical (unpaired) electrons. The summed E-state index contributed by atoms with van der Waals surface area (Å²) in [6, 6.07) is 1.52. The molecule has 0 aliphatic carbocycles. The van der Waals surface area contributed by atoms with Crippen molar-refractivity contribution < 1.29 is 9.21 Å². The fourth-order valence-corrected chi connectivity index (χ4v) is 1.94. The average Bonchev–Trinajstić information content (AvgIpc) is 2.93. The summed E-state index contributed by atoms with van der Waals surface area (Å²) in [4.78, 5) is 11.8. The van der Waals surface area contributed by atoms with Crippen molar-refractivity contribution >= 4 is 17.5 Å². The molecule has 0 unspecified atom stereocenters. The quantitative estimate of drug-likeness (QED) is 0.932. The van der Waals surface area contributed by atoms with E-state index in [9.17, 15) is 4.79 Å². The molecule has 2 aromatic rings. The summed E-state index contributed by atoms with van der Waals surface area (Å²) in [7, 11) is 1.88. The van der Waals surface area contributed by atoms with Crippen LogP contribution >= 0.6 is 11.6 Å². The Kier molecular flexibility index (Phi) is 3.90. The molecule has 1 amide bonds. The molecule has 0 aliphatic rings.